The van der Waals surface area contributed by atoms with Crippen LogP contribution < -0.4 is 5.43 Å². The molecule has 2 heterocycles. The van der Waals surface area contributed by atoms with Gasteiger partial charge in [-0.05, 0) is 73.7 Å². The molecule has 4 amide bonds. The molecule has 0 radical (unpaired) electrons. The predicted octanol–water partition coefficient (Wildman–Crippen LogP) is 5.33. The molecule has 7 rings (SSSR count). The molecule has 3 aromatic rings. The number of fused-ring (bicyclic) bond motifs is 4. The Morgan fingerprint density at radius 3 is 2.33 bits per heavy atom. The molecule has 0 unspecified atom stereocenters. The molecule has 6 atom stereocenters. The van der Waals surface area contributed by atoms with Crippen LogP contribution >= 0.6 is 11.6 Å². The molecule has 45 heavy (non-hydrogen) atoms. The third-order valence-electron chi connectivity index (χ3n) is 9.99. The molecule has 2 N–H and O–H groups in total. The predicted molar refractivity (Wildman–Crippen MR) is 159 cm³/mol. The van der Waals surface area contributed by atoms with E-state index in [1.807, 2.05) is 6.08 Å². The van der Waals surface area contributed by atoms with Crippen LogP contribution in [0.15, 0.2) is 78.4 Å². The van der Waals surface area contributed by atoms with Gasteiger partial charge in [0.25, 0.3) is 11.8 Å². The molecule has 2 aliphatic heterocycles. The summed E-state index contributed by atoms with van der Waals surface area (Å²) in [4.78, 5) is 57.6. The van der Waals surface area contributed by atoms with Crippen molar-refractivity contribution >= 4 is 40.9 Å². The molecule has 3 fully saturated rings. The van der Waals surface area contributed by atoms with E-state index < -0.39 is 64.2 Å². The minimum Gasteiger partial charge on any atom is -0.505 e. The number of hydrogen-bond donors (Lipinski definition) is 2. The molecular weight excluding hydrogens is 604 g/mol. The molecule has 1 saturated carbocycles. The highest BCUT2D eigenvalue weighted by atomic mass is 35.5. The second-order valence-corrected chi connectivity index (χ2v) is 12.4. The van der Waals surface area contributed by atoms with E-state index in [9.17, 15) is 28.7 Å². The van der Waals surface area contributed by atoms with Crippen molar-refractivity contribution in [3.8, 4) is 5.75 Å². The maximum Gasteiger partial charge on any atom is 0.260 e. The molecule has 0 spiro atoms. The molecule has 0 aromatic heterocycles. The number of nitrogens with zero attached hydrogens (tertiary/aromatic N) is 2. The van der Waals surface area contributed by atoms with Gasteiger partial charge in [0.05, 0.1) is 28.9 Å². The number of nitrogens with one attached hydrogen (secondary N) is 1. The van der Waals surface area contributed by atoms with Gasteiger partial charge in [-0.2, -0.15) is 5.01 Å². The number of phenolic OH excluding ortho intramolecular Hbond substituents is 1. The summed E-state index contributed by atoms with van der Waals surface area (Å²) >= 11 is 6.25. The highest BCUT2D eigenvalue weighted by Crippen LogP contribution is 2.65. The fourth-order valence-electron chi connectivity index (χ4n) is 8.14. The van der Waals surface area contributed by atoms with Gasteiger partial charge in [0.15, 0.2) is 11.6 Å². The van der Waals surface area contributed by atoms with Crippen molar-refractivity contribution in [1.82, 2.24) is 9.91 Å². The van der Waals surface area contributed by atoms with Crippen LogP contribution in [-0.2, 0) is 24.6 Å². The van der Waals surface area contributed by atoms with Crippen LogP contribution in [0, 0.1) is 35.3 Å². The lowest BCUT2D eigenvalue weighted by Crippen LogP contribution is -2.53. The lowest BCUT2D eigenvalue weighted by atomic mass is 9.49. The Balaban J connectivity index is 1.48. The van der Waals surface area contributed by atoms with E-state index in [0.717, 1.165) is 11.1 Å². The van der Waals surface area contributed by atoms with Gasteiger partial charge in [-0.1, -0.05) is 47.5 Å². The van der Waals surface area contributed by atoms with Gasteiger partial charge in [0, 0.05) is 23.0 Å². The number of likely N-dealkylation sites (tertiary alicyclic amines) is 1. The van der Waals surface area contributed by atoms with Crippen LogP contribution in [0.5, 0.6) is 5.75 Å². The lowest BCUT2D eigenvalue weighted by Gasteiger charge is -2.50. The number of halogens is 3. The molecule has 8 nitrogen and oxygen atoms in total. The summed E-state index contributed by atoms with van der Waals surface area (Å²) in [6.07, 6.45) is 2.09. The monoisotopic (exact) mass is 631 g/mol. The van der Waals surface area contributed by atoms with Gasteiger partial charge >= 0.3 is 0 Å². The number of allylic oxidation sites excluding steroid dienone is 2. The normalized spacial score (nSPS) is 29.0. The smallest absolute Gasteiger partial charge is 0.260 e. The number of phenols is 1. The number of hydrazine groups is 1. The Morgan fingerprint density at radius 2 is 1.64 bits per heavy atom. The first kappa shape index (κ1) is 29.2. The highest BCUT2D eigenvalue weighted by molar-refractivity contribution is 6.30. The van der Waals surface area contributed by atoms with Crippen molar-refractivity contribution in [3.63, 3.8) is 0 Å². The summed E-state index contributed by atoms with van der Waals surface area (Å²) in [6.45, 7) is 1.92. The van der Waals surface area contributed by atoms with Crippen molar-refractivity contribution in [2.45, 2.75) is 31.1 Å². The SMILES string of the molecule is CCN1C(=O)[C@H]2[C@H](CC=C3[C@H]2C[C@H]2C(=O)N(Nc4ccc(F)cc4)C(=O)[C@@]2(c2ccc(Cl)cc2)[C@H]3c2cccc(F)c2O)C1=O. The van der Waals surface area contributed by atoms with Crippen molar-refractivity contribution in [1.29, 1.82) is 0 Å². The molecule has 2 aliphatic carbocycles. The second-order valence-electron chi connectivity index (χ2n) is 12.0. The number of carbonyl (C=O) groups excluding carboxylic acids is 4. The number of anilines is 1. The van der Waals surface area contributed by atoms with Gasteiger partial charge in [-0.25, -0.2) is 8.78 Å². The molecule has 2 saturated heterocycles. The molecule has 230 valence electrons. The first-order chi connectivity index (χ1) is 21.6. The largest absolute Gasteiger partial charge is 0.505 e. The molecule has 0 bridgehead atoms. The minimum absolute atomic E-state index is 0.0466. The topological polar surface area (TPSA) is 107 Å². The first-order valence-corrected chi connectivity index (χ1v) is 15.2. The van der Waals surface area contributed by atoms with Crippen molar-refractivity contribution in [2.75, 3.05) is 12.0 Å². The zero-order valence-corrected chi connectivity index (χ0v) is 24.8. The average Bonchev–Trinajstić information content (AvgIpc) is 3.40. The molecule has 11 heteroatoms. The summed E-state index contributed by atoms with van der Waals surface area (Å²) in [5.41, 5.74) is 2.50. The Kier molecular flexibility index (Phi) is 6.81. The maximum absolute atomic E-state index is 15.1. The van der Waals surface area contributed by atoms with E-state index in [-0.39, 0.29) is 42.5 Å². The molecule has 3 aromatic carbocycles. The average molecular weight is 632 g/mol. The fourth-order valence-corrected chi connectivity index (χ4v) is 8.27. The third kappa shape index (κ3) is 4.08. The van der Waals surface area contributed by atoms with Crippen molar-refractivity contribution < 1.29 is 33.1 Å². The quantitative estimate of drug-likeness (QED) is 0.291. The second kappa shape index (κ2) is 10.5. The first-order valence-electron chi connectivity index (χ1n) is 14.8. The van der Waals surface area contributed by atoms with Crippen LogP contribution in [0.3, 0.4) is 0 Å². The van der Waals surface area contributed by atoms with Gasteiger partial charge in [-0.15, -0.1) is 0 Å². The Hall–Kier alpha value is -4.57. The maximum atomic E-state index is 15.1. The van der Waals surface area contributed by atoms with Crippen molar-refractivity contribution in [3.05, 3.63) is 106 Å². The van der Waals surface area contributed by atoms with Crippen LogP contribution in [0.1, 0.15) is 36.8 Å². The number of imide groups is 2. The van der Waals surface area contributed by atoms with Gasteiger partial charge in [0.2, 0.25) is 11.8 Å². The molecule has 4 aliphatic rings. The van der Waals surface area contributed by atoms with E-state index in [4.69, 9.17) is 11.6 Å². The summed E-state index contributed by atoms with van der Waals surface area (Å²) in [5, 5.41) is 12.5. The van der Waals surface area contributed by atoms with Gasteiger partial charge in [0.1, 0.15) is 5.82 Å². The number of amides is 4. The van der Waals surface area contributed by atoms with Crippen LogP contribution in [0.25, 0.3) is 0 Å². The Morgan fingerprint density at radius 1 is 0.933 bits per heavy atom. The number of benzene rings is 3. The van der Waals surface area contributed by atoms with Gasteiger partial charge in [-0.3, -0.25) is 29.5 Å². The number of rotatable bonds is 5. The third-order valence-corrected chi connectivity index (χ3v) is 10.2. The number of hydrogen-bond acceptors (Lipinski definition) is 6. The number of para-hydroxylation sites is 1. The lowest BCUT2D eigenvalue weighted by molar-refractivity contribution is -0.141. The van der Waals surface area contributed by atoms with Crippen molar-refractivity contribution in [2.24, 2.45) is 23.7 Å². The van der Waals surface area contributed by atoms with E-state index in [2.05, 4.69) is 5.43 Å². The van der Waals surface area contributed by atoms with Crippen LogP contribution in [-0.4, -0.2) is 45.2 Å². The van der Waals surface area contributed by atoms with Crippen LogP contribution in [0.4, 0.5) is 14.5 Å². The Bertz CT molecular complexity index is 1800. The number of aromatic hydroxyl groups is 1. The summed E-state index contributed by atoms with van der Waals surface area (Å²) < 4.78 is 28.8. The van der Waals surface area contributed by atoms with Gasteiger partial charge < -0.3 is 5.11 Å². The highest BCUT2D eigenvalue weighted by Gasteiger charge is 2.70. The van der Waals surface area contributed by atoms with Crippen LogP contribution in [0.2, 0.25) is 5.02 Å². The number of carbonyl (C=O) groups is 4. The summed E-state index contributed by atoms with van der Waals surface area (Å²) in [5.74, 6) is -8.21. The standard InChI is InChI=1S/C34H28ClF2N3O5/c1-2-39-30(42)22-15-14-21-24(27(22)32(39)44)16-25-31(43)40(38-20-12-10-19(36)11-13-20)33(45)34(25,17-6-8-18(35)9-7-17)28(21)23-4-3-5-26(37)29(23)41/h3-14,22,24-25,27-28,38,41H,2,15-16H2,1H3/t22-,24+,25-,27-,28+,34+/m0/s1. The van der Waals surface area contributed by atoms with E-state index in [1.54, 1.807) is 31.2 Å². The Labute approximate surface area is 262 Å². The zero-order chi connectivity index (χ0) is 31.8. The van der Waals surface area contributed by atoms with E-state index >= 15 is 4.39 Å². The molecular formula is C34H28ClF2N3O5. The minimum atomic E-state index is -1.70. The summed E-state index contributed by atoms with van der Waals surface area (Å²) in [7, 11) is 0. The summed E-state index contributed by atoms with van der Waals surface area (Å²) in [6, 6.07) is 15.6. The zero-order valence-electron chi connectivity index (χ0n) is 24.0. The van der Waals surface area contributed by atoms with E-state index in [0.29, 0.717) is 16.2 Å². The van der Waals surface area contributed by atoms with E-state index in [1.165, 1.54) is 41.3 Å². The fraction of sp³-hybridized carbons (Fsp3) is 0.294.